The van der Waals surface area contributed by atoms with Gasteiger partial charge in [-0.25, -0.2) is 8.42 Å². The van der Waals surface area contributed by atoms with Crippen molar-refractivity contribution in [2.75, 3.05) is 23.7 Å². The van der Waals surface area contributed by atoms with Crippen LogP contribution in [0.4, 0.5) is 11.4 Å². The summed E-state index contributed by atoms with van der Waals surface area (Å²) in [5.74, 6) is -0.374. The minimum Gasteiger partial charge on any atom is -0.748 e. The molecule has 2 heterocycles. The average molecular weight is 685 g/mol. The van der Waals surface area contributed by atoms with Crippen molar-refractivity contribution in [3.63, 3.8) is 0 Å². The van der Waals surface area contributed by atoms with Gasteiger partial charge < -0.3 is 9.45 Å². The van der Waals surface area contributed by atoms with Gasteiger partial charge in [-0.3, -0.25) is 0 Å². The zero-order valence-corrected chi connectivity index (χ0v) is 29.3. The molecule has 0 saturated heterocycles. The second-order valence-corrected chi connectivity index (χ2v) is 15.0. The highest BCUT2D eigenvalue weighted by Crippen LogP contribution is 2.48. The number of para-hydroxylation sites is 2. The van der Waals surface area contributed by atoms with Crippen molar-refractivity contribution in [2.24, 2.45) is 0 Å². The van der Waals surface area contributed by atoms with E-state index in [1.807, 2.05) is 12.1 Å². The molecule has 246 valence electrons. The Bertz CT molecular complexity index is 1880. The van der Waals surface area contributed by atoms with Crippen molar-refractivity contribution < 1.29 is 30.2 Å². The molecule has 11 heteroatoms. The van der Waals surface area contributed by atoms with E-state index in [0.717, 1.165) is 53.4 Å². The Balaban J connectivity index is 0.00000113. The van der Waals surface area contributed by atoms with E-state index < -0.39 is 20.7 Å². The van der Waals surface area contributed by atoms with Gasteiger partial charge in [0.1, 0.15) is 6.54 Å². The number of hydrogen-bond donors (Lipinski definition) is 0. The summed E-state index contributed by atoms with van der Waals surface area (Å²) in [5.41, 5.74) is 9.14. The van der Waals surface area contributed by atoms with E-state index in [4.69, 9.17) is 24.2 Å². The second-order valence-electron chi connectivity index (χ2n) is 12.7. The highest BCUT2D eigenvalue weighted by molar-refractivity contribution is 7.85. The van der Waals surface area contributed by atoms with E-state index in [1.54, 1.807) is 0 Å². The van der Waals surface area contributed by atoms with Gasteiger partial charge in [-0.05, 0) is 62.0 Å². The van der Waals surface area contributed by atoms with Gasteiger partial charge >= 0.3 is 10.6 Å². The summed E-state index contributed by atoms with van der Waals surface area (Å²) < 4.78 is 61.6. The molecule has 1 aliphatic carbocycles. The van der Waals surface area contributed by atoms with E-state index in [0.29, 0.717) is 6.54 Å². The fraction of sp³-hybridized carbons (Fsp3) is 0.400. The number of fused-ring (bicyclic) bond motifs is 2. The number of benzene rings is 2. The number of halogens is 1. The Morgan fingerprint density at radius 1 is 0.935 bits per heavy atom. The lowest BCUT2D eigenvalue weighted by Gasteiger charge is -2.27. The van der Waals surface area contributed by atoms with E-state index in [2.05, 4.69) is 105 Å². The lowest BCUT2D eigenvalue weighted by Crippen LogP contribution is -2.28. The van der Waals surface area contributed by atoms with E-state index in [1.165, 1.54) is 22.5 Å². The molecule has 2 aromatic carbocycles. The van der Waals surface area contributed by atoms with Crippen LogP contribution in [0.25, 0.3) is 0 Å². The Morgan fingerprint density at radius 2 is 1.57 bits per heavy atom. The molecule has 46 heavy (non-hydrogen) atoms. The van der Waals surface area contributed by atoms with Crippen molar-refractivity contribution in [1.29, 1.82) is 0 Å². The van der Waals surface area contributed by atoms with Gasteiger partial charge in [0.25, 0.3) is 0 Å². The van der Waals surface area contributed by atoms with Crippen LogP contribution in [0.1, 0.15) is 71.4 Å². The molecule has 0 fully saturated rings. The number of allylic oxidation sites excluding steroid dienone is 8. The molecule has 0 amide bonds. The molecule has 0 N–H and O–H groups in total. The molecule has 2 aromatic rings. The van der Waals surface area contributed by atoms with Crippen LogP contribution in [0.15, 0.2) is 94.7 Å². The van der Waals surface area contributed by atoms with Gasteiger partial charge in [0, 0.05) is 58.3 Å². The minimum absolute atomic E-state index is 0.0884. The Hall–Kier alpha value is -3.31. The zero-order valence-electron chi connectivity index (χ0n) is 26.9. The van der Waals surface area contributed by atoms with E-state index >= 15 is 0 Å². The first-order chi connectivity index (χ1) is 21.6. The van der Waals surface area contributed by atoms with Gasteiger partial charge in [-0.1, -0.05) is 80.9 Å². The summed E-state index contributed by atoms with van der Waals surface area (Å²) in [6.45, 7) is 12.6. The molecule has 0 unspecified atom stereocenters. The van der Waals surface area contributed by atoms with Crippen molar-refractivity contribution in [3.05, 3.63) is 106 Å². The molecule has 0 radical (unpaired) electrons. The van der Waals surface area contributed by atoms with Gasteiger partial charge in [-0.15, -0.1) is 12.6 Å². The van der Waals surface area contributed by atoms with Crippen LogP contribution in [-0.2, 0) is 31.6 Å². The largest absolute Gasteiger partial charge is 0.748 e. The molecule has 0 atom stereocenters. The van der Waals surface area contributed by atoms with Crippen molar-refractivity contribution in [3.8, 4) is 0 Å². The lowest BCUT2D eigenvalue weighted by molar-refractivity contribution is -0.437. The normalized spacial score (nSPS) is 20.0. The quantitative estimate of drug-likeness (QED) is 0.210. The van der Waals surface area contributed by atoms with Crippen molar-refractivity contribution >= 4 is 49.4 Å². The monoisotopic (exact) mass is 684 g/mol. The summed E-state index contributed by atoms with van der Waals surface area (Å²) in [7, 11) is -7.37. The van der Waals surface area contributed by atoms with Gasteiger partial charge in [-0.2, -0.15) is 4.58 Å². The van der Waals surface area contributed by atoms with Crippen LogP contribution in [0.5, 0.6) is 0 Å². The highest BCUT2D eigenvalue weighted by Gasteiger charge is 2.44. The maximum atomic E-state index is 11.3. The van der Waals surface area contributed by atoms with Crippen LogP contribution in [0.3, 0.4) is 0 Å². The van der Waals surface area contributed by atoms with Crippen LogP contribution < -0.4 is 4.90 Å². The fourth-order valence-electron chi connectivity index (χ4n) is 6.75. The first kappa shape index (κ1) is 35.5. The van der Waals surface area contributed by atoms with E-state index in [-0.39, 0.29) is 23.0 Å². The highest BCUT2D eigenvalue weighted by atomic mass is 35.5. The standard InChI is InChI=1S/C35H41ClN2O3S.O3S/c1-6-22-37-29-14-9-7-12-27(29)34(2,3)31(37)20-18-25-16-17-26(33(25)36)19-21-32-35(4,5)28-13-8-10-15-30(28)38(32)23-11-24-42(39,40)41;1-4(2)3/h7-10,12-15,18-21H,6,11,16-17,22-24H2,1-5H3;. The third kappa shape index (κ3) is 7.62. The fourth-order valence-corrected chi connectivity index (χ4v) is 7.55. The van der Waals surface area contributed by atoms with Crippen molar-refractivity contribution in [1.82, 2.24) is 0 Å². The van der Waals surface area contributed by atoms with E-state index in [9.17, 15) is 13.0 Å². The SMILES string of the molecule is CCC[N+]1=C(C=CC2=C(Cl)C(=CC=C3N(CCCS(=O)(=O)[O-])c4ccccc4C3(C)C)CC2)C(C)(C)c2ccccc21.O=S(=O)=O. The third-order valence-electron chi connectivity index (χ3n) is 8.93. The third-order valence-corrected chi connectivity index (χ3v) is 10.2. The number of rotatable bonds is 9. The average Bonchev–Trinajstić information content (AvgIpc) is 3.51. The number of hydrogen-bond acceptors (Lipinski definition) is 7. The van der Waals surface area contributed by atoms with Crippen LogP contribution >= 0.6 is 11.6 Å². The van der Waals surface area contributed by atoms with Gasteiger partial charge in [0.2, 0.25) is 5.69 Å². The molecular weight excluding hydrogens is 644 g/mol. The zero-order chi connectivity index (χ0) is 33.9. The predicted molar refractivity (Wildman–Crippen MR) is 183 cm³/mol. The minimum atomic E-state index is -4.26. The smallest absolute Gasteiger partial charge is 0.425 e. The molecule has 3 aliphatic rings. The molecular formula is C35H41ClN2O6S2. The van der Waals surface area contributed by atoms with Gasteiger partial charge in [0.15, 0.2) is 5.71 Å². The summed E-state index contributed by atoms with van der Waals surface area (Å²) in [6.07, 6.45) is 11.8. The molecule has 0 aromatic heterocycles. The Morgan fingerprint density at radius 3 is 2.22 bits per heavy atom. The second kappa shape index (κ2) is 14.2. The summed E-state index contributed by atoms with van der Waals surface area (Å²) in [5, 5.41) is 0.802. The molecule has 0 bridgehead atoms. The maximum Gasteiger partial charge on any atom is 0.425 e. The maximum absolute atomic E-state index is 11.3. The predicted octanol–water partition coefficient (Wildman–Crippen LogP) is 6.86. The van der Waals surface area contributed by atoms with Crippen LogP contribution in [0, 0.1) is 0 Å². The number of anilines is 1. The molecule has 8 nitrogen and oxygen atoms in total. The Labute approximate surface area is 279 Å². The molecule has 2 aliphatic heterocycles. The molecule has 0 saturated carbocycles. The first-order valence-electron chi connectivity index (χ1n) is 15.4. The summed E-state index contributed by atoms with van der Waals surface area (Å²) in [6, 6.07) is 16.9. The lowest BCUT2D eigenvalue weighted by atomic mass is 9.81. The summed E-state index contributed by atoms with van der Waals surface area (Å²) >= 11 is 7.00. The molecule has 0 spiro atoms. The molecule has 5 rings (SSSR count). The van der Waals surface area contributed by atoms with Crippen molar-refractivity contribution in [2.45, 2.75) is 71.1 Å². The van der Waals surface area contributed by atoms with Gasteiger partial charge in [0.05, 0.1) is 15.5 Å². The summed E-state index contributed by atoms with van der Waals surface area (Å²) in [4.78, 5) is 2.16. The first-order valence-corrected chi connectivity index (χ1v) is 18.4. The topological polar surface area (TPSA) is 115 Å². The Kier molecular flexibility index (Phi) is 11.0. The van der Waals surface area contributed by atoms with Crippen LogP contribution in [-0.4, -0.2) is 54.7 Å². The number of nitrogens with zero attached hydrogens (tertiary/aromatic N) is 2. The van der Waals surface area contributed by atoms with Crippen LogP contribution in [0.2, 0.25) is 0 Å².